The van der Waals surface area contributed by atoms with Crippen LogP contribution in [0.4, 0.5) is 9.59 Å². The average molecular weight is 974 g/mol. The van der Waals surface area contributed by atoms with Gasteiger partial charge in [-0.2, -0.15) is 5.06 Å². The molecular formula is C54H83N7O9. The fraction of sp³-hybridized carbons (Fsp3) is 0.630. The van der Waals surface area contributed by atoms with E-state index in [0.717, 1.165) is 11.1 Å². The van der Waals surface area contributed by atoms with E-state index >= 15 is 0 Å². The zero-order valence-electron chi connectivity index (χ0n) is 43.9. The highest BCUT2D eigenvalue weighted by molar-refractivity contribution is 5.95. The topological polar surface area (TPSA) is 197 Å². The number of amides is 6. The van der Waals surface area contributed by atoms with Crippen molar-refractivity contribution in [3.05, 3.63) is 83.9 Å². The number of piperidine rings is 1. The van der Waals surface area contributed by atoms with E-state index in [4.69, 9.17) is 14.3 Å². The molecule has 2 heterocycles. The van der Waals surface area contributed by atoms with E-state index in [0.29, 0.717) is 51.5 Å². The van der Waals surface area contributed by atoms with Crippen LogP contribution in [0, 0.1) is 17.8 Å². The Balaban J connectivity index is 1.51. The van der Waals surface area contributed by atoms with Gasteiger partial charge in [-0.1, -0.05) is 101 Å². The number of nitrogens with zero attached hydrogens (tertiary/aromatic N) is 2. The Labute approximate surface area is 417 Å². The number of carbonyl (C=O) groups excluding carboxylic acids is 6. The fourth-order valence-corrected chi connectivity index (χ4v) is 9.79. The molecule has 2 aliphatic rings. The molecule has 388 valence electrons. The fourth-order valence-electron chi connectivity index (χ4n) is 9.79. The van der Waals surface area contributed by atoms with Gasteiger partial charge in [-0.15, -0.1) is 0 Å². The normalized spacial score (nSPS) is 18.9. The number of benzene rings is 2. The maximum absolute atomic E-state index is 14.6. The number of hydrogen-bond donors (Lipinski definition) is 5. The van der Waals surface area contributed by atoms with Gasteiger partial charge >= 0.3 is 12.2 Å². The molecule has 4 rings (SSSR count). The third kappa shape index (κ3) is 18.0. The standard InChI is InChI=1S/C54H83N7O9/c1-36(2)31-41(57-51(67)70-52(5,6)7)28-27-40(32-38-21-15-13-16-22-38)49(65)60-30-20-26-44(60)47(63)59-45(37(3)4)48(64)58-43(25-19-29-55-50(66)69-35-39-23-17-14-18-24-39)46(62)56-42-33-53(8,9)61(68-12)54(10,11)34-42/h13-18,21-24,27-28,36-37,40-45H,19-20,25-26,29-35H2,1-12H3,(H,55,66)(H,56,62)(H,57,67)(H,58,64)(H,59,63)/t40-,41-,43+,44+,45+/m1/s1. The summed E-state index contributed by atoms with van der Waals surface area (Å²) in [5.41, 5.74) is 0.281. The van der Waals surface area contributed by atoms with Gasteiger partial charge in [0, 0.05) is 30.2 Å². The molecule has 2 aliphatic heterocycles. The predicted molar refractivity (Wildman–Crippen MR) is 271 cm³/mol. The molecule has 16 nitrogen and oxygen atoms in total. The summed E-state index contributed by atoms with van der Waals surface area (Å²) >= 11 is 0. The van der Waals surface area contributed by atoms with Crippen molar-refractivity contribution in [1.82, 2.24) is 36.5 Å². The highest BCUT2D eigenvalue weighted by Crippen LogP contribution is 2.38. The summed E-state index contributed by atoms with van der Waals surface area (Å²) in [5, 5.41) is 16.8. The molecule has 0 aromatic heterocycles. The predicted octanol–water partition coefficient (Wildman–Crippen LogP) is 7.36. The quantitative estimate of drug-likeness (QED) is 0.0588. The van der Waals surface area contributed by atoms with Gasteiger partial charge in [-0.05, 0) is 123 Å². The Hall–Kier alpha value is -5.48. The van der Waals surface area contributed by atoms with E-state index in [9.17, 15) is 28.8 Å². The van der Waals surface area contributed by atoms with E-state index in [1.54, 1.807) is 32.8 Å². The first kappa shape index (κ1) is 57.1. The molecule has 0 spiro atoms. The zero-order valence-corrected chi connectivity index (χ0v) is 43.9. The van der Waals surface area contributed by atoms with Crippen molar-refractivity contribution in [2.24, 2.45) is 17.8 Å². The minimum atomic E-state index is -1.04. The second kappa shape index (κ2) is 26.1. The summed E-state index contributed by atoms with van der Waals surface area (Å²) in [6.07, 6.45) is 6.22. The first-order valence-corrected chi connectivity index (χ1v) is 25.1. The Kier molecular flexibility index (Phi) is 21.3. The Bertz CT molecular complexity index is 2040. The van der Waals surface area contributed by atoms with Crippen molar-refractivity contribution in [3.63, 3.8) is 0 Å². The van der Waals surface area contributed by atoms with Crippen LogP contribution in [0.15, 0.2) is 72.8 Å². The number of nitrogens with one attached hydrogen (secondary N) is 5. The average Bonchev–Trinajstić information content (AvgIpc) is 3.76. The van der Waals surface area contributed by atoms with Crippen LogP contribution in [0.1, 0.15) is 132 Å². The number of rotatable bonds is 22. The first-order chi connectivity index (χ1) is 32.9. The zero-order chi connectivity index (χ0) is 51.8. The van der Waals surface area contributed by atoms with E-state index in [1.165, 1.54) is 0 Å². The van der Waals surface area contributed by atoms with Crippen LogP contribution in [0.2, 0.25) is 0 Å². The smallest absolute Gasteiger partial charge is 0.408 e. The van der Waals surface area contributed by atoms with E-state index in [1.807, 2.05) is 91.7 Å². The summed E-state index contributed by atoms with van der Waals surface area (Å²) < 4.78 is 10.9. The van der Waals surface area contributed by atoms with Gasteiger partial charge in [0.25, 0.3) is 0 Å². The molecule has 2 saturated heterocycles. The number of carbonyl (C=O) groups is 6. The summed E-state index contributed by atoms with van der Waals surface area (Å²) in [4.78, 5) is 90.4. The number of likely N-dealkylation sites (tertiary alicyclic amines) is 1. The van der Waals surface area contributed by atoms with Crippen LogP contribution >= 0.6 is 0 Å². The molecule has 6 amide bonds. The van der Waals surface area contributed by atoms with Gasteiger partial charge < -0.3 is 45.8 Å². The van der Waals surface area contributed by atoms with Crippen molar-refractivity contribution >= 4 is 35.8 Å². The second-order valence-corrected chi connectivity index (χ2v) is 21.9. The molecule has 16 heteroatoms. The highest BCUT2D eigenvalue weighted by Gasteiger charge is 2.47. The van der Waals surface area contributed by atoms with E-state index < -0.39 is 70.8 Å². The Morgan fingerprint density at radius 1 is 0.800 bits per heavy atom. The summed E-state index contributed by atoms with van der Waals surface area (Å²) in [6, 6.07) is 15.5. The van der Waals surface area contributed by atoms with Crippen LogP contribution in [-0.4, -0.2) is 113 Å². The van der Waals surface area contributed by atoms with Crippen LogP contribution in [0.5, 0.6) is 0 Å². The van der Waals surface area contributed by atoms with Crippen LogP contribution in [0.25, 0.3) is 0 Å². The van der Waals surface area contributed by atoms with Crippen molar-refractivity contribution in [1.29, 1.82) is 0 Å². The molecule has 2 aromatic carbocycles. The van der Waals surface area contributed by atoms with Crippen molar-refractivity contribution in [2.75, 3.05) is 20.2 Å². The van der Waals surface area contributed by atoms with Crippen LogP contribution in [0.3, 0.4) is 0 Å². The Morgan fingerprint density at radius 2 is 1.41 bits per heavy atom. The molecule has 5 atom stereocenters. The minimum Gasteiger partial charge on any atom is -0.445 e. The van der Waals surface area contributed by atoms with Gasteiger partial charge in [-0.25, -0.2) is 9.59 Å². The molecular weight excluding hydrogens is 891 g/mol. The lowest BCUT2D eigenvalue weighted by Crippen LogP contribution is -2.65. The third-order valence-electron chi connectivity index (χ3n) is 12.6. The lowest BCUT2D eigenvalue weighted by atomic mass is 9.79. The summed E-state index contributed by atoms with van der Waals surface area (Å²) in [7, 11) is 1.64. The van der Waals surface area contributed by atoms with Gasteiger partial charge in [0.1, 0.15) is 30.3 Å². The molecule has 5 N–H and O–H groups in total. The van der Waals surface area contributed by atoms with Crippen molar-refractivity contribution in [3.8, 4) is 0 Å². The van der Waals surface area contributed by atoms with Gasteiger partial charge in [0.05, 0.1) is 19.1 Å². The maximum Gasteiger partial charge on any atom is 0.408 e. The number of hydrogen-bond acceptors (Lipinski definition) is 10. The maximum atomic E-state index is 14.6. The summed E-state index contributed by atoms with van der Waals surface area (Å²) in [5.74, 6) is -2.43. The minimum absolute atomic E-state index is 0.108. The second-order valence-electron chi connectivity index (χ2n) is 21.9. The van der Waals surface area contributed by atoms with E-state index in [-0.39, 0.29) is 49.3 Å². The molecule has 0 bridgehead atoms. The lowest BCUT2D eigenvalue weighted by Gasteiger charge is -2.53. The van der Waals surface area contributed by atoms with Gasteiger partial charge in [0.15, 0.2) is 0 Å². The van der Waals surface area contributed by atoms with Gasteiger partial charge in [-0.3, -0.25) is 19.2 Å². The monoisotopic (exact) mass is 974 g/mol. The lowest BCUT2D eigenvalue weighted by molar-refractivity contribution is -0.267. The molecule has 2 aromatic rings. The van der Waals surface area contributed by atoms with E-state index in [2.05, 4.69) is 68.1 Å². The van der Waals surface area contributed by atoms with Crippen LogP contribution in [-0.2, 0) is 46.5 Å². The Morgan fingerprint density at radius 3 is 1.99 bits per heavy atom. The highest BCUT2D eigenvalue weighted by atomic mass is 16.7. The number of alkyl carbamates (subject to hydrolysis) is 2. The largest absolute Gasteiger partial charge is 0.445 e. The molecule has 2 fully saturated rings. The third-order valence-corrected chi connectivity index (χ3v) is 12.6. The van der Waals surface area contributed by atoms with Crippen molar-refractivity contribution in [2.45, 2.75) is 181 Å². The summed E-state index contributed by atoms with van der Waals surface area (Å²) in [6.45, 7) is 22.0. The molecule has 70 heavy (non-hydrogen) atoms. The molecule has 0 radical (unpaired) electrons. The molecule has 0 unspecified atom stereocenters. The van der Waals surface area contributed by atoms with Crippen molar-refractivity contribution < 1.29 is 43.1 Å². The first-order valence-electron chi connectivity index (χ1n) is 25.1. The van der Waals surface area contributed by atoms with Crippen LogP contribution < -0.4 is 26.6 Å². The number of hydroxylamine groups is 2. The SMILES string of the molecule is CON1C(C)(C)CC(NC(=O)[C@H](CCCNC(=O)OCc2ccccc2)NC(=O)[C@@H](NC(=O)[C@@H]2CCCN2C(=O)[C@H](C=C[C@H](CC(C)C)NC(=O)OC(C)(C)C)Cc2ccccc2)C(C)C)CC1(C)C. The van der Waals surface area contributed by atoms with Gasteiger partial charge in [0.2, 0.25) is 23.6 Å². The molecule has 0 aliphatic carbocycles. The number of ether oxygens (including phenoxy) is 2. The molecule has 0 saturated carbocycles.